The standard InChI is InChI=1S/C20H25N5O/c1-3-4-5-8-22-12-17-14-25(13-15(2)26-17)18-7-6-16(11-21)19-20(18)24-10-9-23-19/h3,6-7,9-10,15,17,22H,1,4-5,8,12-14H2,2H3/t15-,17+/m1/s1. The van der Waals surface area contributed by atoms with Gasteiger partial charge in [-0.2, -0.15) is 5.26 Å². The molecule has 0 saturated carbocycles. The Bertz CT molecular complexity index is 800. The molecule has 6 nitrogen and oxygen atoms in total. The van der Waals surface area contributed by atoms with Crippen molar-refractivity contribution in [2.75, 3.05) is 31.1 Å². The van der Waals surface area contributed by atoms with E-state index in [1.165, 1.54) is 0 Å². The van der Waals surface area contributed by atoms with Crippen LogP contribution in [0.15, 0.2) is 37.2 Å². The average Bonchev–Trinajstić information content (AvgIpc) is 2.66. The molecule has 0 amide bonds. The number of nitriles is 1. The number of anilines is 1. The first kappa shape index (κ1) is 18.3. The van der Waals surface area contributed by atoms with Gasteiger partial charge in [0.2, 0.25) is 0 Å². The largest absolute Gasteiger partial charge is 0.370 e. The molecule has 0 bridgehead atoms. The number of allylic oxidation sites excluding steroid dienone is 1. The Morgan fingerprint density at radius 2 is 2.15 bits per heavy atom. The fraction of sp³-hybridized carbons (Fsp3) is 0.450. The first-order chi connectivity index (χ1) is 12.7. The van der Waals surface area contributed by atoms with Crippen LogP contribution in [0, 0.1) is 11.3 Å². The third-order valence-corrected chi connectivity index (χ3v) is 4.53. The number of nitrogens with zero attached hydrogens (tertiary/aromatic N) is 4. The Balaban J connectivity index is 1.75. The van der Waals surface area contributed by atoms with E-state index in [9.17, 15) is 5.26 Å². The molecule has 1 aromatic carbocycles. The van der Waals surface area contributed by atoms with E-state index < -0.39 is 0 Å². The van der Waals surface area contributed by atoms with Crippen molar-refractivity contribution in [2.24, 2.45) is 0 Å². The van der Waals surface area contributed by atoms with Crippen molar-refractivity contribution in [2.45, 2.75) is 32.0 Å². The summed E-state index contributed by atoms with van der Waals surface area (Å²) in [5.74, 6) is 0. The molecule has 0 unspecified atom stereocenters. The summed E-state index contributed by atoms with van der Waals surface area (Å²) in [6, 6.07) is 6.00. The van der Waals surface area contributed by atoms with Crippen molar-refractivity contribution >= 4 is 16.7 Å². The van der Waals surface area contributed by atoms with E-state index >= 15 is 0 Å². The molecular formula is C20H25N5O. The minimum atomic E-state index is 0.116. The molecule has 0 radical (unpaired) electrons. The molecule has 136 valence electrons. The van der Waals surface area contributed by atoms with Gasteiger partial charge in [-0.1, -0.05) is 6.08 Å². The Morgan fingerprint density at radius 3 is 2.92 bits per heavy atom. The van der Waals surface area contributed by atoms with E-state index in [1.54, 1.807) is 12.4 Å². The molecule has 1 N–H and O–H groups in total. The van der Waals surface area contributed by atoms with Crippen LogP contribution in [0.3, 0.4) is 0 Å². The van der Waals surface area contributed by atoms with E-state index in [1.807, 2.05) is 18.2 Å². The maximum absolute atomic E-state index is 9.31. The number of nitrogens with one attached hydrogen (secondary N) is 1. The van der Waals surface area contributed by atoms with Crippen molar-refractivity contribution in [1.82, 2.24) is 15.3 Å². The zero-order chi connectivity index (χ0) is 18.4. The van der Waals surface area contributed by atoms with Crippen LogP contribution in [0.25, 0.3) is 11.0 Å². The Labute approximate surface area is 154 Å². The van der Waals surface area contributed by atoms with Gasteiger partial charge >= 0.3 is 0 Å². The lowest BCUT2D eigenvalue weighted by Crippen LogP contribution is -2.50. The Hall–Kier alpha value is -2.49. The smallest absolute Gasteiger partial charge is 0.113 e. The molecule has 1 fully saturated rings. The molecule has 2 aromatic rings. The normalized spacial score (nSPS) is 20.1. The van der Waals surface area contributed by atoms with Gasteiger partial charge in [-0.05, 0) is 38.4 Å². The van der Waals surface area contributed by atoms with Crippen molar-refractivity contribution in [3.63, 3.8) is 0 Å². The second-order valence-corrected chi connectivity index (χ2v) is 6.61. The lowest BCUT2D eigenvalue weighted by Gasteiger charge is -2.38. The van der Waals surface area contributed by atoms with Crippen LogP contribution in [0.4, 0.5) is 5.69 Å². The second kappa shape index (κ2) is 8.75. The van der Waals surface area contributed by atoms with Gasteiger partial charge in [-0.15, -0.1) is 6.58 Å². The maximum Gasteiger partial charge on any atom is 0.113 e. The molecule has 1 aliphatic rings. The third kappa shape index (κ3) is 4.18. The number of hydrogen-bond acceptors (Lipinski definition) is 6. The zero-order valence-electron chi connectivity index (χ0n) is 15.2. The molecule has 2 heterocycles. The summed E-state index contributed by atoms with van der Waals surface area (Å²) in [5, 5.41) is 12.8. The monoisotopic (exact) mass is 351 g/mol. The maximum atomic E-state index is 9.31. The third-order valence-electron chi connectivity index (χ3n) is 4.53. The molecule has 1 aromatic heterocycles. The highest BCUT2D eigenvalue weighted by Gasteiger charge is 2.27. The lowest BCUT2D eigenvalue weighted by molar-refractivity contribution is -0.0145. The van der Waals surface area contributed by atoms with Crippen LogP contribution in [0.5, 0.6) is 0 Å². The van der Waals surface area contributed by atoms with E-state index in [-0.39, 0.29) is 12.2 Å². The highest BCUT2D eigenvalue weighted by Crippen LogP contribution is 2.28. The average molecular weight is 351 g/mol. The minimum absolute atomic E-state index is 0.116. The number of ether oxygens (including phenoxy) is 1. The van der Waals surface area contributed by atoms with Crippen LogP contribution in [-0.4, -0.2) is 48.4 Å². The summed E-state index contributed by atoms with van der Waals surface area (Å²) in [7, 11) is 0. The van der Waals surface area contributed by atoms with Crippen molar-refractivity contribution in [3.8, 4) is 6.07 Å². The number of morpholine rings is 1. The van der Waals surface area contributed by atoms with Gasteiger partial charge in [0.1, 0.15) is 17.1 Å². The molecule has 3 rings (SSSR count). The topological polar surface area (TPSA) is 74.1 Å². The molecule has 6 heteroatoms. The van der Waals surface area contributed by atoms with Gasteiger partial charge in [0.15, 0.2) is 0 Å². The van der Waals surface area contributed by atoms with Crippen LogP contribution >= 0.6 is 0 Å². The molecule has 2 atom stereocenters. The Morgan fingerprint density at radius 1 is 1.35 bits per heavy atom. The summed E-state index contributed by atoms with van der Waals surface area (Å²) in [5.41, 5.74) is 3.00. The number of aromatic nitrogens is 2. The van der Waals surface area contributed by atoms with E-state index in [4.69, 9.17) is 4.74 Å². The van der Waals surface area contributed by atoms with E-state index in [2.05, 4.69) is 39.8 Å². The molecule has 26 heavy (non-hydrogen) atoms. The van der Waals surface area contributed by atoms with E-state index in [0.29, 0.717) is 11.1 Å². The van der Waals surface area contributed by atoms with E-state index in [0.717, 1.165) is 50.2 Å². The van der Waals surface area contributed by atoms with Gasteiger partial charge in [0.05, 0.1) is 23.5 Å². The summed E-state index contributed by atoms with van der Waals surface area (Å²) in [6.07, 6.45) is 7.61. The zero-order valence-corrected chi connectivity index (χ0v) is 15.2. The molecule has 0 spiro atoms. The van der Waals surface area contributed by atoms with Gasteiger partial charge in [-0.3, -0.25) is 9.97 Å². The number of unbranched alkanes of at least 4 members (excludes halogenated alkanes) is 1. The van der Waals surface area contributed by atoms with Gasteiger partial charge in [0, 0.05) is 32.0 Å². The van der Waals surface area contributed by atoms with Crippen LogP contribution < -0.4 is 10.2 Å². The SMILES string of the molecule is C=CCCCNC[C@H]1CN(c2ccc(C#N)c3nccnc23)C[C@@H](C)O1. The Kier molecular flexibility index (Phi) is 6.16. The number of rotatable bonds is 7. The number of fused-ring (bicyclic) bond motifs is 1. The summed E-state index contributed by atoms with van der Waals surface area (Å²) < 4.78 is 6.09. The summed E-state index contributed by atoms with van der Waals surface area (Å²) in [4.78, 5) is 11.1. The minimum Gasteiger partial charge on any atom is -0.370 e. The predicted octanol–water partition coefficient (Wildman–Crippen LogP) is 2.65. The number of benzene rings is 1. The summed E-state index contributed by atoms with van der Waals surface area (Å²) >= 11 is 0. The van der Waals surface area contributed by atoms with Crippen LogP contribution in [0.1, 0.15) is 25.3 Å². The van der Waals surface area contributed by atoms with Crippen molar-refractivity contribution in [1.29, 1.82) is 5.26 Å². The van der Waals surface area contributed by atoms with Crippen molar-refractivity contribution in [3.05, 3.63) is 42.7 Å². The molecule has 1 aliphatic heterocycles. The highest BCUT2D eigenvalue weighted by atomic mass is 16.5. The quantitative estimate of drug-likeness (QED) is 0.611. The highest BCUT2D eigenvalue weighted by molar-refractivity contribution is 5.92. The van der Waals surface area contributed by atoms with Crippen LogP contribution in [0.2, 0.25) is 0 Å². The number of hydrogen-bond donors (Lipinski definition) is 1. The van der Waals surface area contributed by atoms with Gasteiger partial charge < -0.3 is 15.0 Å². The first-order valence-electron chi connectivity index (χ1n) is 9.08. The summed E-state index contributed by atoms with van der Waals surface area (Å²) in [6.45, 7) is 9.21. The van der Waals surface area contributed by atoms with Gasteiger partial charge in [0.25, 0.3) is 0 Å². The predicted molar refractivity (Wildman–Crippen MR) is 103 cm³/mol. The van der Waals surface area contributed by atoms with Crippen molar-refractivity contribution < 1.29 is 4.74 Å². The molecule has 1 saturated heterocycles. The fourth-order valence-electron chi connectivity index (χ4n) is 3.38. The lowest BCUT2D eigenvalue weighted by atomic mass is 10.1. The second-order valence-electron chi connectivity index (χ2n) is 6.61. The molecule has 0 aliphatic carbocycles. The first-order valence-corrected chi connectivity index (χ1v) is 9.08. The fourth-order valence-corrected chi connectivity index (χ4v) is 3.38. The van der Waals surface area contributed by atoms with Gasteiger partial charge in [-0.25, -0.2) is 0 Å². The van der Waals surface area contributed by atoms with Crippen LogP contribution in [-0.2, 0) is 4.74 Å². The molecular weight excluding hydrogens is 326 g/mol.